The second-order valence-electron chi connectivity index (χ2n) is 11.1. The maximum absolute atomic E-state index is 13.8. The lowest BCUT2D eigenvalue weighted by atomic mass is 9.90. The summed E-state index contributed by atoms with van der Waals surface area (Å²) in [6.07, 6.45) is 2.12. The molecule has 1 saturated carbocycles. The minimum atomic E-state index is -0.0258. The number of carbonyl (C=O) groups excluding carboxylic acids is 2. The molecular formula is C31H43N3O5. The standard InChI is InChI=1S/C31H43N3O5/c1-22(2)34(30(36)24-12-13-26(38-5)27(17-24)39-15-9-14-37-4)20-25-19-32-21-31(25)18-28(31)33(3)29(35)16-23-10-7-6-8-11-23/h6-8,10-13,17,22,25,28,32H,9,14-16,18-21H2,1-5H3/t25-,28-,31?/m0/s1. The van der Waals surface area contributed by atoms with Crippen LogP contribution in [0.4, 0.5) is 0 Å². The van der Waals surface area contributed by atoms with Crippen molar-refractivity contribution in [2.24, 2.45) is 11.3 Å². The second kappa shape index (κ2) is 12.8. The third kappa shape index (κ3) is 6.56. The average Bonchev–Trinajstić information content (AvgIpc) is 3.53. The molecule has 1 unspecified atom stereocenters. The normalized spacial score (nSPS) is 21.7. The first-order valence-electron chi connectivity index (χ1n) is 13.9. The molecule has 1 saturated heterocycles. The van der Waals surface area contributed by atoms with Crippen LogP contribution in [0.15, 0.2) is 48.5 Å². The van der Waals surface area contributed by atoms with Gasteiger partial charge in [0.05, 0.1) is 20.1 Å². The highest BCUT2D eigenvalue weighted by Crippen LogP contribution is 2.56. The summed E-state index contributed by atoms with van der Waals surface area (Å²) < 4.78 is 16.5. The van der Waals surface area contributed by atoms with Crippen molar-refractivity contribution >= 4 is 11.8 Å². The van der Waals surface area contributed by atoms with Crippen molar-refractivity contribution in [3.63, 3.8) is 0 Å². The van der Waals surface area contributed by atoms with Crippen molar-refractivity contribution < 1.29 is 23.8 Å². The van der Waals surface area contributed by atoms with Crippen LogP contribution in [0.3, 0.4) is 0 Å². The number of nitrogens with one attached hydrogen (secondary N) is 1. The van der Waals surface area contributed by atoms with E-state index < -0.39 is 0 Å². The molecule has 0 aromatic heterocycles. The number of nitrogens with zero attached hydrogens (tertiary/aromatic N) is 2. The third-order valence-electron chi connectivity index (χ3n) is 8.26. The highest BCUT2D eigenvalue weighted by Gasteiger charge is 2.63. The smallest absolute Gasteiger partial charge is 0.254 e. The molecule has 8 nitrogen and oxygen atoms in total. The number of hydrogen-bond acceptors (Lipinski definition) is 6. The van der Waals surface area contributed by atoms with E-state index in [9.17, 15) is 9.59 Å². The molecule has 2 aromatic carbocycles. The van der Waals surface area contributed by atoms with Gasteiger partial charge in [-0.15, -0.1) is 0 Å². The lowest BCUT2D eigenvalue weighted by Crippen LogP contribution is -2.44. The monoisotopic (exact) mass is 537 g/mol. The van der Waals surface area contributed by atoms with Crippen molar-refractivity contribution in [2.45, 2.75) is 45.2 Å². The Kier molecular flexibility index (Phi) is 9.51. The van der Waals surface area contributed by atoms with Gasteiger partial charge in [0.25, 0.3) is 5.91 Å². The molecule has 212 valence electrons. The SMILES string of the molecule is COCCCOc1cc(C(=O)N(C[C@@H]2CNCC23C[C@@H]3N(C)C(=O)Cc2ccccc2)C(C)C)ccc1OC. The number of ether oxygens (including phenoxy) is 3. The first kappa shape index (κ1) is 28.9. The lowest BCUT2D eigenvalue weighted by Gasteiger charge is -2.33. The van der Waals surface area contributed by atoms with E-state index in [1.165, 1.54) is 0 Å². The Morgan fingerprint density at radius 1 is 1.08 bits per heavy atom. The average molecular weight is 538 g/mol. The number of likely N-dealkylation sites (N-methyl/N-ethyl adjacent to an activating group) is 1. The van der Waals surface area contributed by atoms with E-state index in [4.69, 9.17) is 14.2 Å². The fraction of sp³-hybridized carbons (Fsp3) is 0.548. The Morgan fingerprint density at radius 2 is 1.85 bits per heavy atom. The molecule has 0 radical (unpaired) electrons. The topological polar surface area (TPSA) is 80.3 Å². The number of carbonyl (C=O) groups is 2. The number of rotatable bonds is 13. The third-order valence-corrected chi connectivity index (χ3v) is 8.26. The Morgan fingerprint density at radius 3 is 2.54 bits per heavy atom. The highest BCUT2D eigenvalue weighted by molar-refractivity contribution is 5.95. The van der Waals surface area contributed by atoms with E-state index in [1.807, 2.05) is 47.2 Å². The molecule has 1 N–H and O–H groups in total. The molecule has 2 fully saturated rings. The maximum atomic E-state index is 13.8. The van der Waals surface area contributed by atoms with Crippen LogP contribution in [0.25, 0.3) is 0 Å². The first-order chi connectivity index (χ1) is 18.8. The van der Waals surface area contributed by atoms with Crippen LogP contribution >= 0.6 is 0 Å². The molecule has 2 amide bonds. The Balaban J connectivity index is 1.44. The molecule has 2 aliphatic rings. The van der Waals surface area contributed by atoms with Crippen molar-refractivity contribution in [3.05, 3.63) is 59.7 Å². The first-order valence-corrected chi connectivity index (χ1v) is 13.9. The second-order valence-corrected chi connectivity index (χ2v) is 11.1. The molecule has 1 aliphatic heterocycles. The van der Waals surface area contributed by atoms with Gasteiger partial charge in [-0.25, -0.2) is 0 Å². The minimum absolute atomic E-state index is 0.00401. The van der Waals surface area contributed by atoms with Gasteiger partial charge in [0.15, 0.2) is 11.5 Å². The molecule has 1 spiro atoms. The van der Waals surface area contributed by atoms with Gasteiger partial charge in [0.2, 0.25) is 5.91 Å². The van der Waals surface area contributed by atoms with E-state index in [0.717, 1.165) is 31.5 Å². The Hall–Kier alpha value is -3.10. The molecule has 3 atom stereocenters. The Bertz CT molecular complexity index is 1120. The van der Waals surface area contributed by atoms with Crippen LogP contribution in [0, 0.1) is 11.3 Å². The molecule has 0 bridgehead atoms. The summed E-state index contributed by atoms with van der Waals surface area (Å²) in [4.78, 5) is 30.7. The van der Waals surface area contributed by atoms with Crippen molar-refractivity contribution in [3.8, 4) is 11.5 Å². The van der Waals surface area contributed by atoms with Crippen LogP contribution in [-0.4, -0.2) is 87.8 Å². The zero-order valence-electron chi connectivity index (χ0n) is 23.9. The van der Waals surface area contributed by atoms with Gasteiger partial charge in [-0.05, 0) is 49.9 Å². The summed E-state index contributed by atoms with van der Waals surface area (Å²) in [5.41, 5.74) is 1.61. The number of hydrogen-bond donors (Lipinski definition) is 1. The molecule has 39 heavy (non-hydrogen) atoms. The van der Waals surface area contributed by atoms with Crippen LogP contribution in [0.5, 0.6) is 11.5 Å². The van der Waals surface area contributed by atoms with Crippen molar-refractivity contribution in [1.29, 1.82) is 0 Å². The number of benzene rings is 2. The maximum Gasteiger partial charge on any atom is 0.254 e. The largest absolute Gasteiger partial charge is 0.493 e. The fourth-order valence-corrected chi connectivity index (χ4v) is 5.83. The van der Waals surface area contributed by atoms with Gasteiger partial charge in [-0.3, -0.25) is 9.59 Å². The van der Waals surface area contributed by atoms with Gasteiger partial charge in [0, 0.05) is 69.9 Å². The minimum Gasteiger partial charge on any atom is -0.493 e. The molecule has 8 heteroatoms. The van der Waals surface area contributed by atoms with E-state index >= 15 is 0 Å². The Labute approximate surface area is 232 Å². The summed E-state index contributed by atoms with van der Waals surface area (Å²) in [6, 6.07) is 15.5. The highest BCUT2D eigenvalue weighted by atomic mass is 16.5. The van der Waals surface area contributed by atoms with E-state index in [1.54, 1.807) is 32.4 Å². The van der Waals surface area contributed by atoms with Gasteiger partial charge >= 0.3 is 0 Å². The summed E-state index contributed by atoms with van der Waals surface area (Å²) in [7, 11) is 5.19. The van der Waals surface area contributed by atoms with Crippen molar-refractivity contribution in [1.82, 2.24) is 15.1 Å². The van der Waals surface area contributed by atoms with Crippen LogP contribution in [0.1, 0.15) is 42.6 Å². The predicted molar refractivity (Wildman–Crippen MR) is 151 cm³/mol. The number of amides is 2. The zero-order chi connectivity index (χ0) is 28.0. The van der Waals surface area contributed by atoms with Gasteiger partial charge < -0.3 is 29.3 Å². The molecule has 4 rings (SSSR count). The van der Waals surface area contributed by atoms with Gasteiger partial charge in [0.1, 0.15) is 0 Å². The van der Waals surface area contributed by atoms with Crippen LogP contribution in [-0.2, 0) is 16.0 Å². The quantitative estimate of drug-likeness (QED) is 0.393. The summed E-state index contributed by atoms with van der Waals surface area (Å²) in [6.45, 7) is 7.53. The van der Waals surface area contributed by atoms with Crippen molar-refractivity contribution in [2.75, 3.05) is 54.1 Å². The van der Waals surface area contributed by atoms with Gasteiger partial charge in [-0.1, -0.05) is 30.3 Å². The summed E-state index contributed by atoms with van der Waals surface area (Å²) >= 11 is 0. The lowest BCUT2D eigenvalue weighted by molar-refractivity contribution is -0.130. The van der Waals surface area contributed by atoms with Crippen LogP contribution in [0.2, 0.25) is 0 Å². The van der Waals surface area contributed by atoms with Gasteiger partial charge in [-0.2, -0.15) is 0 Å². The molecule has 2 aromatic rings. The van der Waals surface area contributed by atoms with Crippen LogP contribution < -0.4 is 14.8 Å². The van der Waals surface area contributed by atoms with E-state index in [2.05, 4.69) is 19.2 Å². The molecular weight excluding hydrogens is 494 g/mol. The predicted octanol–water partition coefficient (Wildman–Crippen LogP) is 3.64. The fourth-order valence-electron chi connectivity index (χ4n) is 5.83. The summed E-state index contributed by atoms with van der Waals surface area (Å²) in [5, 5.41) is 3.56. The zero-order valence-corrected chi connectivity index (χ0v) is 23.9. The molecule has 1 aliphatic carbocycles. The van der Waals surface area contributed by atoms with E-state index in [-0.39, 0.29) is 35.2 Å². The number of methoxy groups -OCH3 is 2. The summed E-state index contributed by atoms with van der Waals surface area (Å²) in [5.74, 6) is 1.54. The molecule has 1 heterocycles. The van der Waals surface area contributed by atoms with E-state index in [0.29, 0.717) is 43.2 Å².